The number of aldehydes is 1. The smallest absolute Gasteiger partial charge is 0.151 e. The van der Waals surface area contributed by atoms with Crippen molar-refractivity contribution in [2.75, 3.05) is 18.4 Å². The van der Waals surface area contributed by atoms with Gasteiger partial charge < -0.3 is 15.8 Å². The second-order valence-corrected chi connectivity index (χ2v) is 4.97. The van der Waals surface area contributed by atoms with E-state index in [-0.39, 0.29) is 0 Å². The maximum absolute atomic E-state index is 10.6. The minimum absolute atomic E-state index is 0.389. The summed E-state index contributed by atoms with van der Waals surface area (Å²) in [6.45, 7) is 1.67. The zero-order valence-electron chi connectivity index (χ0n) is 10.2. The summed E-state index contributed by atoms with van der Waals surface area (Å²) in [5.74, 6) is 0. The number of rotatable bonds is 4. The lowest BCUT2D eigenvalue weighted by Gasteiger charge is -2.34. The predicted molar refractivity (Wildman–Crippen MR) is 73.7 cm³/mol. The zero-order chi connectivity index (χ0) is 13.0. The van der Waals surface area contributed by atoms with E-state index < -0.39 is 6.17 Å². The third-order valence-corrected chi connectivity index (χ3v) is 3.65. The molecular formula is C13H18ClN3O. The Morgan fingerprint density at radius 3 is 2.67 bits per heavy atom. The molecule has 0 amide bonds. The largest absolute Gasteiger partial charge is 0.381 e. The topological polar surface area (TPSA) is 58.4 Å². The van der Waals surface area contributed by atoms with Crippen LogP contribution in [0.2, 0.25) is 5.02 Å². The van der Waals surface area contributed by atoms with E-state index >= 15 is 0 Å². The highest BCUT2D eigenvalue weighted by molar-refractivity contribution is 6.33. The minimum atomic E-state index is -0.466. The second kappa shape index (κ2) is 6.18. The summed E-state index contributed by atoms with van der Waals surface area (Å²) in [6, 6.07) is 8.12. The van der Waals surface area contributed by atoms with E-state index in [1.54, 1.807) is 0 Å². The monoisotopic (exact) mass is 267 g/mol. The molecule has 4 nitrogen and oxygen atoms in total. The lowest BCUT2D eigenvalue weighted by atomic mass is 10.0. The molecule has 18 heavy (non-hydrogen) atoms. The van der Waals surface area contributed by atoms with Crippen molar-refractivity contribution in [1.29, 1.82) is 0 Å². The number of carbonyl (C=O) groups excluding carboxylic acids is 1. The van der Waals surface area contributed by atoms with Gasteiger partial charge in [0, 0.05) is 19.1 Å². The van der Waals surface area contributed by atoms with Crippen LogP contribution in [0.3, 0.4) is 0 Å². The number of para-hydroxylation sites is 1. The number of hydrogen-bond donors (Lipinski definition) is 2. The fraction of sp³-hybridized carbons (Fsp3) is 0.462. The fourth-order valence-electron chi connectivity index (χ4n) is 2.23. The minimum Gasteiger partial charge on any atom is -0.381 e. The first-order valence-electron chi connectivity index (χ1n) is 6.16. The molecule has 1 heterocycles. The number of benzene rings is 1. The molecule has 3 N–H and O–H groups in total. The van der Waals surface area contributed by atoms with Gasteiger partial charge in [0.1, 0.15) is 6.17 Å². The number of nitrogens with zero attached hydrogens (tertiary/aromatic N) is 1. The number of piperidine rings is 1. The molecule has 1 aliphatic rings. The Kier molecular flexibility index (Phi) is 4.58. The van der Waals surface area contributed by atoms with Crippen LogP contribution in [0.15, 0.2) is 24.3 Å². The number of carbonyl (C=O) groups is 1. The average molecular weight is 268 g/mol. The number of halogens is 1. The van der Waals surface area contributed by atoms with Crippen molar-refractivity contribution in [2.45, 2.75) is 25.0 Å². The first-order valence-corrected chi connectivity index (χ1v) is 6.54. The molecule has 5 heteroatoms. The van der Waals surface area contributed by atoms with Gasteiger partial charge in [-0.2, -0.15) is 0 Å². The quantitative estimate of drug-likeness (QED) is 0.816. The normalized spacial score (nSPS) is 19.4. The third-order valence-electron chi connectivity index (χ3n) is 3.32. The predicted octanol–water partition coefficient (Wildman–Crippen LogP) is 1.70. The Balaban J connectivity index is 1.87. The first kappa shape index (κ1) is 13.3. The third kappa shape index (κ3) is 3.22. The van der Waals surface area contributed by atoms with Gasteiger partial charge in [-0.05, 0) is 25.0 Å². The molecular weight excluding hydrogens is 250 g/mol. The molecule has 1 saturated heterocycles. The number of hydrogen-bond acceptors (Lipinski definition) is 4. The van der Waals surface area contributed by atoms with E-state index in [2.05, 4.69) is 5.32 Å². The molecule has 0 bridgehead atoms. The highest BCUT2D eigenvalue weighted by Crippen LogP contribution is 2.24. The molecule has 1 aromatic carbocycles. The molecule has 0 spiro atoms. The van der Waals surface area contributed by atoms with Gasteiger partial charge in [-0.15, -0.1) is 0 Å². The molecule has 1 aromatic rings. The van der Waals surface area contributed by atoms with Crippen molar-refractivity contribution in [3.05, 3.63) is 29.3 Å². The Labute approximate surface area is 112 Å². The van der Waals surface area contributed by atoms with Crippen LogP contribution in [0.5, 0.6) is 0 Å². The van der Waals surface area contributed by atoms with Crippen molar-refractivity contribution in [2.24, 2.45) is 5.73 Å². The van der Waals surface area contributed by atoms with E-state index in [0.717, 1.165) is 42.9 Å². The Bertz CT molecular complexity index is 405. The molecule has 0 saturated carbocycles. The van der Waals surface area contributed by atoms with Gasteiger partial charge in [0.15, 0.2) is 6.29 Å². The zero-order valence-corrected chi connectivity index (χ0v) is 10.9. The summed E-state index contributed by atoms with van der Waals surface area (Å²) in [4.78, 5) is 12.6. The Hall–Kier alpha value is -1.10. The van der Waals surface area contributed by atoms with Crippen molar-refractivity contribution in [1.82, 2.24) is 4.90 Å². The molecule has 98 valence electrons. The number of nitrogens with one attached hydrogen (secondary N) is 1. The molecule has 0 aromatic heterocycles. The van der Waals surface area contributed by atoms with Gasteiger partial charge in [0.05, 0.1) is 10.7 Å². The first-order chi connectivity index (χ1) is 8.70. The molecule has 2 rings (SSSR count). The Morgan fingerprint density at radius 2 is 2.06 bits per heavy atom. The van der Waals surface area contributed by atoms with Crippen LogP contribution < -0.4 is 11.1 Å². The van der Waals surface area contributed by atoms with Crippen molar-refractivity contribution >= 4 is 23.6 Å². The highest BCUT2D eigenvalue weighted by Gasteiger charge is 2.22. The number of nitrogens with two attached hydrogens (primary N) is 1. The number of likely N-dealkylation sites (tertiary alicyclic amines) is 1. The van der Waals surface area contributed by atoms with Gasteiger partial charge in [0.25, 0.3) is 0 Å². The highest BCUT2D eigenvalue weighted by atomic mass is 35.5. The van der Waals surface area contributed by atoms with Crippen molar-refractivity contribution < 1.29 is 4.79 Å². The maximum Gasteiger partial charge on any atom is 0.151 e. The molecule has 1 aliphatic heterocycles. The SMILES string of the molecule is NC(C=O)N1CCC(Nc2ccccc2Cl)CC1. The van der Waals surface area contributed by atoms with Crippen LogP contribution in [0.4, 0.5) is 5.69 Å². The lowest BCUT2D eigenvalue weighted by Crippen LogP contribution is -2.49. The van der Waals surface area contributed by atoms with Gasteiger partial charge in [-0.3, -0.25) is 4.90 Å². The summed E-state index contributed by atoms with van der Waals surface area (Å²) in [6.07, 6.45) is 2.26. The van der Waals surface area contributed by atoms with Gasteiger partial charge >= 0.3 is 0 Å². The standard InChI is InChI=1S/C13H18ClN3O/c14-11-3-1-2-4-12(11)16-10-5-7-17(8-6-10)13(15)9-18/h1-4,9-10,13,16H,5-8,15H2. The molecule has 1 fully saturated rings. The van der Waals surface area contributed by atoms with E-state index in [0.29, 0.717) is 6.04 Å². The van der Waals surface area contributed by atoms with Crippen LogP contribution in [0.25, 0.3) is 0 Å². The summed E-state index contributed by atoms with van der Waals surface area (Å²) in [5, 5.41) is 4.18. The van der Waals surface area contributed by atoms with Crippen LogP contribution >= 0.6 is 11.6 Å². The van der Waals surface area contributed by atoms with E-state index in [9.17, 15) is 4.79 Å². The summed E-state index contributed by atoms with van der Waals surface area (Å²) in [7, 11) is 0. The summed E-state index contributed by atoms with van der Waals surface area (Å²) in [5.41, 5.74) is 6.66. The van der Waals surface area contributed by atoms with E-state index in [1.165, 1.54) is 0 Å². The van der Waals surface area contributed by atoms with E-state index in [1.807, 2.05) is 29.2 Å². The Morgan fingerprint density at radius 1 is 1.39 bits per heavy atom. The molecule has 1 atom stereocenters. The fourth-order valence-corrected chi connectivity index (χ4v) is 2.42. The lowest BCUT2D eigenvalue weighted by molar-refractivity contribution is -0.112. The van der Waals surface area contributed by atoms with Crippen LogP contribution in [0.1, 0.15) is 12.8 Å². The van der Waals surface area contributed by atoms with E-state index in [4.69, 9.17) is 17.3 Å². The van der Waals surface area contributed by atoms with Gasteiger partial charge in [0.2, 0.25) is 0 Å². The molecule has 0 radical (unpaired) electrons. The number of anilines is 1. The summed E-state index contributed by atoms with van der Waals surface area (Å²) >= 11 is 6.11. The summed E-state index contributed by atoms with van der Waals surface area (Å²) < 4.78 is 0. The van der Waals surface area contributed by atoms with Crippen LogP contribution in [0, 0.1) is 0 Å². The van der Waals surface area contributed by atoms with Crippen molar-refractivity contribution in [3.63, 3.8) is 0 Å². The molecule has 0 aliphatic carbocycles. The van der Waals surface area contributed by atoms with Crippen LogP contribution in [-0.4, -0.2) is 36.5 Å². The average Bonchev–Trinajstić information content (AvgIpc) is 2.41. The van der Waals surface area contributed by atoms with Gasteiger partial charge in [-0.25, -0.2) is 0 Å². The van der Waals surface area contributed by atoms with Gasteiger partial charge in [-0.1, -0.05) is 23.7 Å². The maximum atomic E-state index is 10.6. The van der Waals surface area contributed by atoms with Crippen LogP contribution in [-0.2, 0) is 4.79 Å². The second-order valence-electron chi connectivity index (χ2n) is 4.56. The van der Waals surface area contributed by atoms with Crippen molar-refractivity contribution in [3.8, 4) is 0 Å². The molecule has 1 unspecified atom stereocenters.